The highest BCUT2D eigenvalue weighted by Crippen LogP contribution is 2.34. The first-order valence-corrected chi connectivity index (χ1v) is 6.06. The van der Waals surface area contributed by atoms with Crippen LogP contribution in [0.5, 0.6) is 5.75 Å². The number of benzene rings is 1. The van der Waals surface area contributed by atoms with Gasteiger partial charge in [0, 0.05) is 16.1 Å². The summed E-state index contributed by atoms with van der Waals surface area (Å²) in [5.74, 6) is 0.567. The average molecular weight is 275 g/mol. The van der Waals surface area contributed by atoms with E-state index in [1.165, 1.54) is 16.7 Å². The molecule has 0 N–H and O–H groups in total. The second kappa shape index (κ2) is 3.87. The molecule has 4 heteroatoms. The van der Waals surface area contributed by atoms with Crippen molar-refractivity contribution in [2.45, 2.75) is 5.33 Å². The number of halogens is 2. The summed E-state index contributed by atoms with van der Waals surface area (Å²) >= 11 is 4.71. The summed E-state index contributed by atoms with van der Waals surface area (Å²) in [6.45, 7) is 0. The molecule has 0 amide bonds. The molecule has 1 aromatic heterocycles. The van der Waals surface area contributed by atoms with Crippen LogP contribution in [0.4, 0.5) is 4.39 Å². The van der Waals surface area contributed by atoms with Crippen molar-refractivity contribution in [1.82, 2.24) is 0 Å². The van der Waals surface area contributed by atoms with E-state index in [-0.39, 0.29) is 5.82 Å². The number of hydrogen-bond acceptors (Lipinski definition) is 2. The molecule has 0 spiro atoms. The Morgan fingerprint density at radius 3 is 2.93 bits per heavy atom. The molecule has 1 nitrogen and oxygen atoms in total. The van der Waals surface area contributed by atoms with Crippen molar-refractivity contribution >= 4 is 37.4 Å². The number of alkyl halides is 1. The standard InChI is InChI=1S/C10H8BrFOS/c1-13-9-3-6(4-11)2-7-8(12)5-14-10(7)9/h2-3,5H,4H2,1H3. The third-order valence-electron chi connectivity index (χ3n) is 2.03. The highest BCUT2D eigenvalue weighted by atomic mass is 79.9. The van der Waals surface area contributed by atoms with E-state index >= 15 is 0 Å². The number of rotatable bonds is 2. The molecular formula is C10H8BrFOS. The van der Waals surface area contributed by atoms with E-state index in [0.717, 1.165) is 16.0 Å². The molecule has 0 aliphatic carbocycles. The van der Waals surface area contributed by atoms with Crippen molar-refractivity contribution in [1.29, 1.82) is 0 Å². The Bertz CT molecular complexity index is 466. The van der Waals surface area contributed by atoms with Gasteiger partial charge in [-0.15, -0.1) is 11.3 Å². The second-order valence-electron chi connectivity index (χ2n) is 2.89. The lowest BCUT2D eigenvalue weighted by atomic mass is 10.2. The number of hydrogen-bond donors (Lipinski definition) is 0. The van der Waals surface area contributed by atoms with Crippen molar-refractivity contribution in [3.8, 4) is 5.75 Å². The summed E-state index contributed by atoms with van der Waals surface area (Å²) in [4.78, 5) is 0. The maximum absolute atomic E-state index is 13.3. The van der Waals surface area contributed by atoms with Gasteiger partial charge in [-0.2, -0.15) is 0 Å². The number of methoxy groups -OCH3 is 1. The first kappa shape index (κ1) is 9.93. The molecule has 1 aromatic carbocycles. The number of thiophene rings is 1. The van der Waals surface area contributed by atoms with Gasteiger partial charge in [-0.25, -0.2) is 4.39 Å². The lowest BCUT2D eigenvalue weighted by molar-refractivity contribution is 0.420. The Kier molecular flexibility index (Phi) is 2.74. The Morgan fingerprint density at radius 2 is 2.29 bits per heavy atom. The van der Waals surface area contributed by atoms with Crippen LogP contribution in [0.25, 0.3) is 10.1 Å². The van der Waals surface area contributed by atoms with Gasteiger partial charge in [0.2, 0.25) is 0 Å². The van der Waals surface area contributed by atoms with Crippen LogP contribution in [0.2, 0.25) is 0 Å². The maximum atomic E-state index is 13.3. The first-order chi connectivity index (χ1) is 6.76. The van der Waals surface area contributed by atoms with Gasteiger partial charge in [-0.1, -0.05) is 15.9 Å². The van der Waals surface area contributed by atoms with E-state index in [0.29, 0.717) is 10.7 Å². The largest absolute Gasteiger partial charge is 0.495 e. The van der Waals surface area contributed by atoms with E-state index in [2.05, 4.69) is 15.9 Å². The van der Waals surface area contributed by atoms with Crippen LogP contribution in [0.15, 0.2) is 17.5 Å². The number of ether oxygens (including phenoxy) is 1. The highest BCUT2D eigenvalue weighted by Gasteiger charge is 2.09. The highest BCUT2D eigenvalue weighted by molar-refractivity contribution is 9.08. The Hall–Kier alpha value is -0.610. The smallest absolute Gasteiger partial charge is 0.141 e. The van der Waals surface area contributed by atoms with E-state index in [9.17, 15) is 4.39 Å². The van der Waals surface area contributed by atoms with Crippen LogP contribution >= 0.6 is 27.3 Å². The third-order valence-corrected chi connectivity index (χ3v) is 3.66. The topological polar surface area (TPSA) is 9.23 Å². The van der Waals surface area contributed by atoms with Gasteiger partial charge < -0.3 is 4.74 Å². The quantitative estimate of drug-likeness (QED) is 0.754. The lowest BCUT2D eigenvalue weighted by Gasteiger charge is -2.03. The van der Waals surface area contributed by atoms with Crippen LogP contribution in [-0.2, 0) is 5.33 Å². The minimum atomic E-state index is -0.175. The molecule has 14 heavy (non-hydrogen) atoms. The summed E-state index contributed by atoms with van der Waals surface area (Å²) in [5, 5.41) is 2.85. The van der Waals surface area contributed by atoms with E-state index < -0.39 is 0 Å². The minimum absolute atomic E-state index is 0.175. The van der Waals surface area contributed by atoms with Gasteiger partial charge in [0.1, 0.15) is 11.6 Å². The molecule has 0 aliphatic rings. The van der Waals surface area contributed by atoms with Crippen molar-refractivity contribution in [3.05, 3.63) is 28.9 Å². The molecular weight excluding hydrogens is 267 g/mol. The van der Waals surface area contributed by atoms with E-state index in [1.54, 1.807) is 7.11 Å². The molecule has 0 unspecified atom stereocenters. The molecule has 0 saturated heterocycles. The predicted octanol–water partition coefficient (Wildman–Crippen LogP) is 3.94. The lowest BCUT2D eigenvalue weighted by Crippen LogP contribution is -1.86. The van der Waals surface area contributed by atoms with Crippen LogP contribution in [0.3, 0.4) is 0 Å². The van der Waals surface area contributed by atoms with Crippen molar-refractivity contribution < 1.29 is 9.13 Å². The average Bonchev–Trinajstić information content (AvgIpc) is 2.59. The fourth-order valence-corrected chi connectivity index (χ4v) is 2.57. The van der Waals surface area contributed by atoms with Crippen LogP contribution in [0, 0.1) is 5.82 Å². The van der Waals surface area contributed by atoms with Crippen molar-refractivity contribution in [2.24, 2.45) is 0 Å². The van der Waals surface area contributed by atoms with Crippen LogP contribution < -0.4 is 4.74 Å². The van der Waals surface area contributed by atoms with E-state index in [4.69, 9.17) is 4.74 Å². The van der Waals surface area contributed by atoms with Gasteiger partial charge in [0.15, 0.2) is 0 Å². The summed E-state index contributed by atoms with van der Waals surface area (Å²) in [7, 11) is 1.60. The van der Waals surface area contributed by atoms with Gasteiger partial charge in [0.25, 0.3) is 0 Å². The Labute approximate surface area is 93.6 Å². The monoisotopic (exact) mass is 274 g/mol. The molecule has 0 fully saturated rings. The fraction of sp³-hybridized carbons (Fsp3) is 0.200. The van der Waals surface area contributed by atoms with Gasteiger partial charge in [-0.05, 0) is 17.7 Å². The molecule has 0 saturated carbocycles. The zero-order chi connectivity index (χ0) is 10.1. The zero-order valence-corrected chi connectivity index (χ0v) is 9.91. The van der Waals surface area contributed by atoms with E-state index in [1.807, 2.05) is 12.1 Å². The van der Waals surface area contributed by atoms with Gasteiger partial charge in [0.05, 0.1) is 11.8 Å². The maximum Gasteiger partial charge on any atom is 0.141 e. The van der Waals surface area contributed by atoms with Crippen LogP contribution in [0.1, 0.15) is 5.56 Å². The Balaban J connectivity index is 2.76. The van der Waals surface area contributed by atoms with Crippen LogP contribution in [-0.4, -0.2) is 7.11 Å². The first-order valence-electron chi connectivity index (χ1n) is 4.06. The Morgan fingerprint density at radius 1 is 1.50 bits per heavy atom. The molecule has 74 valence electrons. The summed E-state index contributed by atoms with van der Waals surface area (Å²) in [6.07, 6.45) is 0. The molecule has 0 radical (unpaired) electrons. The summed E-state index contributed by atoms with van der Waals surface area (Å²) in [6, 6.07) is 3.77. The van der Waals surface area contributed by atoms with Gasteiger partial charge in [-0.3, -0.25) is 0 Å². The zero-order valence-electron chi connectivity index (χ0n) is 7.51. The fourth-order valence-electron chi connectivity index (χ4n) is 1.36. The van der Waals surface area contributed by atoms with Crippen molar-refractivity contribution in [2.75, 3.05) is 7.11 Å². The number of fused-ring (bicyclic) bond motifs is 1. The second-order valence-corrected chi connectivity index (χ2v) is 4.33. The third kappa shape index (κ3) is 1.53. The SMILES string of the molecule is COc1cc(CBr)cc2c(F)csc12. The summed E-state index contributed by atoms with van der Waals surface area (Å²) in [5.41, 5.74) is 1.02. The summed E-state index contributed by atoms with van der Waals surface area (Å²) < 4.78 is 19.4. The predicted molar refractivity (Wildman–Crippen MR) is 61.0 cm³/mol. The van der Waals surface area contributed by atoms with Crippen molar-refractivity contribution in [3.63, 3.8) is 0 Å². The molecule has 1 heterocycles. The minimum Gasteiger partial charge on any atom is -0.495 e. The van der Waals surface area contributed by atoms with Gasteiger partial charge >= 0.3 is 0 Å². The molecule has 0 atom stereocenters. The molecule has 0 aliphatic heterocycles. The molecule has 0 bridgehead atoms. The molecule has 2 aromatic rings. The normalized spacial score (nSPS) is 10.8. The molecule has 2 rings (SSSR count).